The van der Waals surface area contributed by atoms with Gasteiger partial charge in [0.05, 0.1) is 0 Å². The maximum atomic E-state index is 13.2. The van der Waals surface area contributed by atoms with E-state index in [1.807, 2.05) is 60.7 Å². The summed E-state index contributed by atoms with van der Waals surface area (Å²) in [4.78, 5) is 13.2. The largest absolute Gasteiger partial charge is 0.372 e. The Bertz CT molecular complexity index is 855. The van der Waals surface area contributed by atoms with Crippen molar-refractivity contribution in [1.82, 2.24) is 0 Å². The molecule has 3 nitrogen and oxygen atoms in total. The molecule has 2 N–H and O–H groups in total. The molecule has 3 aromatic rings. The number of carbonyl (C=O) groups is 1. The molecule has 3 rings (SSSR count). The molecule has 138 valence electrons. The molecular weight excluding hydrogens is 334 g/mol. The Kier molecular flexibility index (Phi) is 5.15. The quantitative estimate of drug-likeness (QED) is 0.699. The first kappa shape index (κ1) is 18.9. The Hall–Kier alpha value is -2.91. The average Bonchev–Trinajstić information content (AvgIpc) is 2.68. The van der Waals surface area contributed by atoms with E-state index in [9.17, 15) is 9.90 Å². The number of anilines is 1. The SMILES string of the molecule is CC(C)(C)c1ccc(NC(=O)C(O)(c2ccccc2)c2ccccc2)cc1. The summed E-state index contributed by atoms with van der Waals surface area (Å²) in [6.45, 7) is 6.43. The second-order valence-corrected chi connectivity index (χ2v) is 7.72. The molecule has 0 saturated carbocycles. The molecule has 0 heterocycles. The molecule has 27 heavy (non-hydrogen) atoms. The van der Waals surface area contributed by atoms with Crippen molar-refractivity contribution in [3.63, 3.8) is 0 Å². The molecule has 0 aliphatic carbocycles. The number of benzene rings is 3. The van der Waals surface area contributed by atoms with Crippen molar-refractivity contribution in [3.8, 4) is 0 Å². The van der Waals surface area contributed by atoms with E-state index < -0.39 is 11.5 Å². The Labute approximate surface area is 160 Å². The topological polar surface area (TPSA) is 49.3 Å². The second kappa shape index (κ2) is 7.37. The van der Waals surface area contributed by atoms with Crippen LogP contribution in [0.5, 0.6) is 0 Å². The van der Waals surface area contributed by atoms with Crippen molar-refractivity contribution >= 4 is 11.6 Å². The van der Waals surface area contributed by atoms with E-state index in [1.54, 1.807) is 24.3 Å². The van der Waals surface area contributed by atoms with E-state index in [0.717, 1.165) is 0 Å². The molecule has 0 aliphatic heterocycles. The lowest BCUT2D eigenvalue weighted by molar-refractivity contribution is -0.131. The Balaban J connectivity index is 1.95. The van der Waals surface area contributed by atoms with Gasteiger partial charge in [-0.3, -0.25) is 4.79 Å². The molecule has 1 amide bonds. The maximum absolute atomic E-state index is 13.2. The van der Waals surface area contributed by atoms with E-state index in [4.69, 9.17) is 0 Å². The zero-order valence-corrected chi connectivity index (χ0v) is 15.9. The van der Waals surface area contributed by atoms with Crippen LogP contribution in [0.3, 0.4) is 0 Å². The first-order chi connectivity index (χ1) is 12.8. The van der Waals surface area contributed by atoms with Crippen LogP contribution in [0, 0.1) is 0 Å². The predicted molar refractivity (Wildman–Crippen MR) is 110 cm³/mol. The zero-order valence-electron chi connectivity index (χ0n) is 15.9. The molecule has 0 unspecified atom stereocenters. The van der Waals surface area contributed by atoms with Gasteiger partial charge in [-0.15, -0.1) is 0 Å². The first-order valence-electron chi connectivity index (χ1n) is 9.07. The second-order valence-electron chi connectivity index (χ2n) is 7.72. The molecule has 0 bridgehead atoms. The number of carbonyl (C=O) groups excluding carboxylic acids is 1. The third kappa shape index (κ3) is 3.93. The van der Waals surface area contributed by atoms with Gasteiger partial charge in [0.2, 0.25) is 0 Å². The fourth-order valence-corrected chi connectivity index (χ4v) is 3.06. The molecule has 0 aromatic heterocycles. The van der Waals surface area contributed by atoms with Gasteiger partial charge in [0.15, 0.2) is 5.60 Å². The number of hydrogen-bond acceptors (Lipinski definition) is 2. The molecule has 0 atom stereocenters. The van der Waals surface area contributed by atoms with Crippen LogP contribution in [0.25, 0.3) is 0 Å². The van der Waals surface area contributed by atoms with Crippen LogP contribution in [0.15, 0.2) is 84.9 Å². The van der Waals surface area contributed by atoms with Crippen molar-refractivity contribution in [2.24, 2.45) is 0 Å². The Morgan fingerprint density at radius 2 is 1.15 bits per heavy atom. The molecular formula is C24H25NO2. The number of amides is 1. The van der Waals surface area contributed by atoms with E-state index in [0.29, 0.717) is 16.8 Å². The monoisotopic (exact) mass is 359 g/mol. The highest BCUT2D eigenvalue weighted by molar-refractivity contribution is 6.00. The first-order valence-corrected chi connectivity index (χ1v) is 9.07. The van der Waals surface area contributed by atoms with Crippen LogP contribution >= 0.6 is 0 Å². The van der Waals surface area contributed by atoms with Gasteiger partial charge < -0.3 is 10.4 Å². The van der Waals surface area contributed by atoms with Gasteiger partial charge in [-0.05, 0) is 34.2 Å². The summed E-state index contributed by atoms with van der Waals surface area (Å²) in [7, 11) is 0. The molecule has 0 saturated heterocycles. The van der Waals surface area contributed by atoms with E-state index in [2.05, 4.69) is 26.1 Å². The van der Waals surface area contributed by atoms with Gasteiger partial charge in [0, 0.05) is 5.69 Å². The highest BCUT2D eigenvalue weighted by Gasteiger charge is 2.39. The zero-order chi connectivity index (χ0) is 19.5. The highest BCUT2D eigenvalue weighted by atomic mass is 16.3. The standard InChI is InChI=1S/C24H25NO2/c1-23(2,3)18-14-16-21(17-15-18)25-22(26)24(27,19-10-6-4-7-11-19)20-12-8-5-9-13-20/h4-17,27H,1-3H3,(H,25,26). The average molecular weight is 359 g/mol. The van der Waals surface area contributed by atoms with Crippen molar-refractivity contribution in [2.45, 2.75) is 31.8 Å². The van der Waals surface area contributed by atoms with E-state index >= 15 is 0 Å². The Morgan fingerprint density at radius 3 is 1.56 bits per heavy atom. The van der Waals surface area contributed by atoms with Crippen molar-refractivity contribution in [2.75, 3.05) is 5.32 Å². The van der Waals surface area contributed by atoms with Crippen LogP contribution in [0.2, 0.25) is 0 Å². The van der Waals surface area contributed by atoms with Crippen LogP contribution in [-0.2, 0) is 15.8 Å². The van der Waals surface area contributed by atoms with Gasteiger partial charge in [-0.1, -0.05) is 93.6 Å². The van der Waals surface area contributed by atoms with Crippen molar-refractivity contribution in [3.05, 3.63) is 102 Å². The smallest absolute Gasteiger partial charge is 0.265 e. The van der Waals surface area contributed by atoms with Gasteiger partial charge in [0.25, 0.3) is 5.91 Å². The van der Waals surface area contributed by atoms with Crippen molar-refractivity contribution in [1.29, 1.82) is 0 Å². The fourth-order valence-electron chi connectivity index (χ4n) is 3.06. The van der Waals surface area contributed by atoms with Crippen LogP contribution in [0.1, 0.15) is 37.5 Å². The van der Waals surface area contributed by atoms with Gasteiger partial charge in [-0.25, -0.2) is 0 Å². The number of nitrogens with one attached hydrogen (secondary N) is 1. The summed E-state index contributed by atoms with van der Waals surface area (Å²) in [5.74, 6) is -0.483. The summed E-state index contributed by atoms with van der Waals surface area (Å²) < 4.78 is 0. The summed E-state index contributed by atoms with van der Waals surface area (Å²) in [5, 5.41) is 14.3. The normalized spacial score (nSPS) is 11.9. The fraction of sp³-hybridized carbons (Fsp3) is 0.208. The molecule has 3 aromatic carbocycles. The van der Waals surface area contributed by atoms with E-state index in [1.165, 1.54) is 5.56 Å². The molecule has 3 heteroatoms. The van der Waals surface area contributed by atoms with Crippen LogP contribution < -0.4 is 5.32 Å². The minimum atomic E-state index is -1.77. The number of hydrogen-bond donors (Lipinski definition) is 2. The molecule has 0 spiro atoms. The molecule has 0 fully saturated rings. The number of aliphatic hydroxyl groups is 1. The highest BCUT2D eigenvalue weighted by Crippen LogP contribution is 2.31. The Morgan fingerprint density at radius 1 is 0.704 bits per heavy atom. The predicted octanol–water partition coefficient (Wildman–Crippen LogP) is 4.86. The van der Waals surface area contributed by atoms with Gasteiger partial charge >= 0.3 is 0 Å². The minimum Gasteiger partial charge on any atom is -0.372 e. The lowest BCUT2D eigenvalue weighted by atomic mass is 9.85. The number of rotatable bonds is 4. The summed E-state index contributed by atoms with van der Waals surface area (Å²) in [5.41, 5.74) is 1.16. The molecule has 0 radical (unpaired) electrons. The minimum absolute atomic E-state index is 0.0390. The summed E-state index contributed by atoms with van der Waals surface area (Å²) in [6.07, 6.45) is 0. The van der Waals surface area contributed by atoms with Gasteiger partial charge in [-0.2, -0.15) is 0 Å². The lowest BCUT2D eigenvalue weighted by Crippen LogP contribution is -2.41. The van der Waals surface area contributed by atoms with Crippen LogP contribution in [0.4, 0.5) is 5.69 Å². The van der Waals surface area contributed by atoms with Gasteiger partial charge in [0.1, 0.15) is 0 Å². The lowest BCUT2D eigenvalue weighted by Gasteiger charge is -2.28. The third-order valence-electron chi connectivity index (χ3n) is 4.72. The molecule has 0 aliphatic rings. The summed E-state index contributed by atoms with van der Waals surface area (Å²) in [6, 6.07) is 25.8. The third-order valence-corrected chi connectivity index (χ3v) is 4.72. The maximum Gasteiger partial charge on any atom is 0.265 e. The van der Waals surface area contributed by atoms with Crippen LogP contribution in [-0.4, -0.2) is 11.0 Å². The van der Waals surface area contributed by atoms with Crippen molar-refractivity contribution < 1.29 is 9.90 Å². The summed E-state index contributed by atoms with van der Waals surface area (Å²) >= 11 is 0. The van der Waals surface area contributed by atoms with E-state index in [-0.39, 0.29) is 5.41 Å².